The molecule has 0 saturated carbocycles. The molecule has 0 fully saturated rings. The molecule has 0 bridgehead atoms. The van der Waals surface area contributed by atoms with E-state index >= 15 is 0 Å². The number of nitrogens with one attached hydrogen (secondary N) is 2. The van der Waals surface area contributed by atoms with Crippen LogP contribution in [0.3, 0.4) is 0 Å². The summed E-state index contributed by atoms with van der Waals surface area (Å²) in [5.74, 6) is 1.50. The molecule has 0 aliphatic heterocycles. The third-order valence-electron chi connectivity index (χ3n) is 2.57. The van der Waals surface area contributed by atoms with Gasteiger partial charge in [-0.3, -0.25) is 4.99 Å². The molecule has 2 N–H and O–H groups in total. The van der Waals surface area contributed by atoms with E-state index in [0.717, 1.165) is 28.2 Å². The number of hydrogen-bond acceptors (Lipinski definition) is 5. The minimum atomic E-state index is 0.611. The van der Waals surface area contributed by atoms with Gasteiger partial charge in [0.1, 0.15) is 10.8 Å². The second-order valence-corrected chi connectivity index (χ2v) is 5.20. The Morgan fingerprint density at radius 2 is 2.05 bits per heavy atom. The number of hydrogen-bond donors (Lipinski definition) is 2. The zero-order chi connectivity index (χ0) is 14.4. The zero-order valence-electron chi connectivity index (χ0n) is 11.8. The summed E-state index contributed by atoms with van der Waals surface area (Å²) in [5, 5.41) is 9.53. The van der Waals surface area contributed by atoms with Crippen molar-refractivity contribution >= 4 is 17.3 Å². The molecule has 0 aromatic carbocycles. The monoisotopic (exact) mass is 290 g/mol. The maximum atomic E-state index is 4.40. The van der Waals surface area contributed by atoms with Crippen molar-refractivity contribution in [1.29, 1.82) is 0 Å². The summed E-state index contributed by atoms with van der Waals surface area (Å²) in [6, 6.07) is 1.89. The summed E-state index contributed by atoms with van der Waals surface area (Å²) >= 11 is 1.64. The number of nitrogens with zero attached hydrogens (tertiary/aromatic N) is 4. The van der Waals surface area contributed by atoms with Crippen LogP contribution in [0.15, 0.2) is 22.6 Å². The van der Waals surface area contributed by atoms with Crippen molar-refractivity contribution in [1.82, 2.24) is 25.6 Å². The average molecular weight is 290 g/mol. The first kappa shape index (κ1) is 14.4. The molecule has 2 aromatic rings. The molecule has 0 radical (unpaired) electrons. The maximum absolute atomic E-state index is 4.40. The first-order valence-electron chi connectivity index (χ1n) is 6.31. The first-order chi connectivity index (χ1) is 9.67. The molecule has 0 aliphatic carbocycles. The van der Waals surface area contributed by atoms with Gasteiger partial charge < -0.3 is 10.6 Å². The summed E-state index contributed by atoms with van der Waals surface area (Å²) in [7, 11) is 1.74. The Balaban J connectivity index is 1.84. The highest BCUT2D eigenvalue weighted by atomic mass is 32.1. The van der Waals surface area contributed by atoms with Gasteiger partial charge in [-0.1, -0.05) is 0 Å². The lowest BCUT2D eigenvalue weighted by Gasteiger charge is -2.10. The van der Waals surface area contributed by atoms with Crippen LogP contribution in [0, 0.1) is 13.8 Å². The van der Waals surface area contributed by atoms with E-state index < -0.39 is 0 Å². The molecule has 2 aromatic heterocycles. The molecule has 2 heterocycles. The molecule has 7 heteroatoms. The molecule has 0 amide bonds. The largest absolute Gasteiger partial charge is 0.351 e. The summed E-state index contributed by atoms with van der Waals surface area (Å²) in [6.07, 6.45) is 1.76. The standard InChI is InChI=1S/C13H18N6S/c1-9-8-20-12(18-9)7-17-13(14-3)16-6-11-4-5-15-10(2)19-11/h4-5,8H,6-7H2,1-3H3,(H2,14,16,17). The smallest absolute Gasteiger partial charge is 0.191 e. The lowest BCUT2D eigenvalue weighted by Crippen LogP contribution is -2.36. The molecule has 2 rings (SSSR count). The average Bonchev–Trinajstić information content (AvgIpc) is 2.85. The van der Waals surface area contributed by atoms with Gasteiger partial charge in [0.2, 0.25) is 0 Å². The van der Waals surface area contributed by atoms with E-state index in [1.54, 1.807) is 24.6 Å². The van der Waals surface area contributed by atoms with Gasteiger partial charge in [-0.15, -0.1) is 11.3 Å². The van der Waals surface area contributed by atoms with Crippen LogP contribution < -0.4 is 10.6 Å². The number of rotatable bonds is 4. The summed E-state index contributed by atoms with van der Waals surface area (Å²) < 4.78 is 0. The van der Waals surface area contributed by atoms with Gasteiger partial charge in [-0.05, 0) is 19.9 Å². The van der Waals surface area contributed by atoms with Crippen molar-refractivity contribution in [3.8, 4) is 0 Å². The molecular weight excluding hydrogens is 272 g/mol. The third-order valence-corrected chi connectivity index (χ3v) is 3.53. The highest BCUT2D eigenvalue weighted by Gasteiger charge is 2.02. The van der Waals surface area contributed by atoms with Crippen LogP contribution in [0.4, 0.5) is 0 Å². The fraction of sp³-hybridized carbons (Fsp3) is 0.385. The van der Waals surface area contributed by atoms with Gasteiger partial charge >= 0.3 is 0 Å². The van der Waals surface area contributed by atoms with E-state index in [-0.39, 0.29) is 0 Å². The van der Waals surface area contributed by atoms with Gasteiger partial charge in [0.05, 0.1) is 18.8 Å². The van der Waals surface area contributed by atoms with Gasteiger partial charge in [0, 0.05) is 24.3 Å². The Kier molecular flexibility index (Phi) is 5.00. The number of aryl methyl sites for hydroxylation is 2. The maximum Gasteiger partial charge on any atom is 0.191 e. The van der Waals surface area contributed by atoms with Crippen molar-refractivity contribution in [3.05, 3.63) is 39.9 Å². The van der Waals surface area contributed by atoms with Crippen LogP contribution in [0.25, 0.3) is 0 Å². The van der Waals surface area contributed by atoms with Crippen LogP contribution >= 0.6 is 11.3 Å². The lowest BCUT2D eigenvalue weighted by atomic mass is 10.4. The Bertz CT molecular complexity index is 592. The van der Waals surface area contributed by atoms with Crippen LogP contribution in [0.2, 0.25) is 0 Å². The highest BCUT2D eigenvalue weighted by Crippen LogP contribution is 2.07. The van der Waals surface area contributed by atoms with Gasteiger partial charge in [0.15, 0.2) is 5.96 Å². The summed E-state index contributed by atoms with van der Waals surface area (Å²) in [4.78, 5) is 17.0. The number of aromatic nitrogens is 3. The van der Waals surface area contributed by atoms with Crippen molar-refractivity contribution < 1.29 is 0 Å². The van der Waals surface area contributed by atoms with Gasteiger partial charge in [-0.2, -0.15) is 0 Å². The van der Waals surface area contributed by atoms with E-state index in [9.17, 15) is 0 Å². The molecule has 20 heavy (non-hydrogen) atoms. The Morgan fingerprint density at radius 3 is 2.70 bits per heavy atom. The molecule has 0 saturated heterocycles. The van der Waals surface area contributed by atoms with E-state index in [2.05, 4.69) is 30.6 Å². The Morgan fingerprint density at radius 1 is 1.25 bits per heavy atom. The summed E-state index contributed by atoms with van der Waals surface area (Å²) in [6.45, 7) is 5.15. The molecular formula is C13H18N6S. The lowest BCUT2D eigenvalue weighted by molar-refractivity contribution is 0.782. The normalized spacial score (nSPS) is 11.4. The predicted octanol–water partition coefficient (Wildman–Crippen LogP) is 1.42. The Hall–Kier alpha value is -2.02. The number of thiazole rings is 1. The second-order valence-electron chi connectivity index (χ2n) is 4.26. The van der Waals surface area contributed by atoms with Gasteiger partial charge in [-0.25, -0.2) is 15.0 Å². The fourth-order valence-corrected chi connectivity index (χ4v) is 2.35. The van der Waals surface area contributed by atoms with Crippen molar-refractivity contribution in [3.63, 3.8) is 0 Å². The fourth-order valence-electron chi connectivity index (χ4n) is 1.64. The topological polar surface area (TPSA) is 75.1 Å². The molecule has 0 atom stereocenters. The van der Waals surface area contributed by atoms with Crippen LogP contribution in [0.1, 0.15) is 22.2 Å². The molecule has 106 valence electrons. The predicted molar refractivity (Wildman–Crippen MR) is 80.7 cm³/mol. The highest BCUT2D eigenvalue weighted by molar-refractivity contribution is 7.09. The third kappa shape index (κ3) is 4.27. The van der Waals surface area contributed by atoms with Crippen LogP contribution in [-0.2, 0) is 13.1 Å². The SMILES string of the molecule is CN=C(NCc1ccnc(C)n1)NCc1nc(C)cs1. The Labute approximate surface area is 122 Å². The number of guanidine groups is 1. The molecule has 0 unspecified atom stereocenters. The minimum absolute atomic E-state index is 0.611. The molecule has 0 spiro atoms. The van der Waals surface area contributed by atoms with Crippen LogP contribution in [-0.4, -0.2) is 28.0 Å². The van der Waals surface area contributed by atoms with Crippen LogP contribution in [0.5, 0.6) is 0 Å². The summed E-state index contributed by atoms with van der Waals surface area (Å²) in [5.41, 5.74) is 1.98. The number of aliphatic imine (C=N–C) groups is 1. The molecule has 6 nitrogen and oxygen atoms in total. The quantitative estimate of drug-likeness (QED) is 0.658. The van der Waals surface area contributed by atoms with E-state index in [0.29, 0.717) is 13.1 Å². The van der Waals surface area contributed by atoms with E-state index in [1.807, 2.05) is 25.3 Å². The van der Waals surface area contributed by atoms with Gasteiger partial charge in [0.25, 0.3) is 0 Å². The van der Waals surface area contributed by atoms with Crippen molar-refractivity contribution in [2.24, 2.45) is 4.99 Å². The zero-order valence-corrected chi connectivity index (χ0v) is 12.7. The molecule has 0 aliphatic rings. The van der Waals surface area contributed by atoms with Crippen molar-refractivity contribution in [2.45, 2.75) is 26.9 Å². The van der Waals surface area contributed by atoms with Crippen molar-refractivity contribution in [2.75, 3.05) is 7.05 Å². The minimum Gasteiger partial charge on any atom is -0.351 e. The van der Waals surface area contributed by atoms with E-state index in [4.69, 9.17) is 0 Å². The second kappa shape index (κ2) is 6.95. The van der Waals surface area contributed by atoms with E-state index in [1.165, 1.54) is 0 Å². The first-order valence-corrected chi connectivity index (χ1v) is 7.19.